The highest BCUT2D eigenvalue weighted by atomic mass is 35.5. The number of hydrogen-bond donors (Lipinski definition) is 0. The third-order valence-electron chi connectivity index (χ3n) is 2.44. The van der Waals surface area contributed by atoms with Crippen molar-refractivity contribution >= 4 is 46.4 Å². The molecular formula is C13H6Cl4F2O. The molecule has 2 rings (SSSR count). The van der Waals surface area contributed by atoms with E-state index in [1.54, 1.807) is 0 Å². The average molecular weight is 358 g/mol. The van der Waals surface area contributed by atoms with E-state index in [2.05, 4.69) is 4.74 Å². The SMILES string of the molecule is FC(F)Oc1cc(Cl)ccc1-c1c(Cl)cc(Cl)cc1Cl. The van der Waals surface area contributed by atoms with E-state index in [1.165, 1.54) is 30.3 Å². The summed E-state index contributed by atoms with van der Waals surface area (Å²) >= 11 is 23.7. The number of ether oxygens (including phenoxy) is 1. The molecule has 7 heteroatoms. The third kappa shape index (κ3) is 3.47. The van der Waals surface area contributed by atoms with Crippen molar-refractivity contribution < 1.29 is 13.5 Å². The minimum Gasteiger partial charge on any atom is -0.434 e. The van der Waals surface area contributed by atoms with Gasteiger partial charge in [-0.2, -0.15) is 8.78 Å². The molecule has 0 aromatic heterocycles. The summed E-state index contributed by atoms with van der Waals surface area (Å²) in [6, 6.07) is 7.22. The number of rotatable bonds is 3. The van der Waals surface area contributed by atoms with Gasteiger partial charge in [0.1, 0.15) is 5.75 Å². The largest absolute Gasteiger partial charge is 0.434 e. The van der Waals surface area contributed by atoms with E-state index in [-0.39, 0.29) is 20.8 Å². The molecule has 0 unspecified atom stereocenters. The molecular weight excluding hydrogens is 352 g/mol. The third-order valence-corrected chi connectivity index (χ3v) is 3.49. The zero-order chi connectivity index (χ0) is 14.9. The molecule has 0 spiro atoms. The van der Waals surface area contributed by atoms with Crippen LogP contribution >= 0.6 is 46.4 Å². The first-order valence-corrected chi connectivity index (χ1v) is 6.79. The predicted octanol–water partition coefficient (Wildman–Crippen LogP) is 6.57. The molecule has 0 heterocycles. The van der Waals surface area contributed by atoms with E-state index in [4.69, 9.17) is 46.4 Å². The van der Waals surface area contributed by atoms with Crippen molar-refractivity contribution in [1.82, 2.24) is 0 Å². The van der Waals surface area contributed by atoms with E-state index in [0.29, 0.717) is 16.1 Å². The van der Waals surface area contributed by atoms with E-state index in [9.17, 15) is 8.78 Å². The van der Waals surface area contributed by atoms with Crippen LogP contribution in [-0.4, -0.2) is 6.61 Å². The summed E-state index contributed by atoms with van der Waals surface area (Å²) in [5.74, 6) is -0.112. The second kappa shape index (κ2) is 6.35. The maximum atomic E-state index is 12.5. The van der Waals surface area contributed by atoms with Gasteiger partial charge in [-0.05, 0) is 30.3 Å². The molecule has 0 bridgehead atoms. The molecule has 2 aromatic rings. The summed E-state index contributed by atoms with van der Waals surface area (Å²) in [4.78, 5) is 0. The fourth-order valence-corrected chi connectivity index (χ4v) is 2.88. The van der Waals surface area contributed by atoms with Gasteiger partial charge >= 0.3 is 6.61 Å². The fraction of sp³-hybridized carbons (Fsp3) is 0.0769. The van der Waals surface area contributed by atoms with Crippen molar-refractivity contribution in [3.63, 3.8) is 0 Å². The first-order valence-electron chi connectivity index (χ1n) is 5.27. The molecule has 0 N–H and O–H groups in total. The van der Waals surface area contributed by atoms with Crippen molar-refractivity contribution in [2.45, 2.75) is 6.61 Å². The first-order chi connectivity index (χ1) is 9.38. The Labute approximate surface area is 134 Å². The van der Waals surface area contributed by atoms with Crippen LogP contribution in [0.2, 0.25) is 20.1 Å². The minimum absolute atomic E-state index is 0.112. The molecule has 0 aliphatic carbocycles. The fourth-order valence-electron chi connectivity index (χ4n) is 1.70. The first kappa shape index (κ1) is 15.6. The highest BCUT2D eigenvalue weighted by Crippen LogP contribution is 2.42. The summed E-state index contributed by atoms with van der Waals surface area (Å²) in [6.45, 7) is -2.99. The highest BCUT2D eigenvalue weighted by Gasteiger charge is 2.17. The van der Waals surface area contributed by atoms with Crippen LogP contribution in [0.3, 0.4) is 0 Å². The van der Waals surface area contributed by atoms with Crippen LogP contribution in [0.15, 0.2) is 30.3 Å². The van der Waals surface area contributed by atoms with Gasteiger partial charge in [0.05, 0.1) is 10.0 Å². The molecule has 0 saturated carbocycles. The van der Waals surface area contributed by atoms with Crippen LogP contribution in [0.25, 0.3) is 11.1 Å². The van der Waals surface area contributed by atoms with Gasteiger partial charge in [0.15, 0.2) is 0 Å². The molecule has 20 heavy (non-hydrogen) atoms. The van der Waals surface area contributed by atoms with Crippen LogP contribution in [0.4, 0.5) is 8.78 Å². The van der Waals surface area contributed by atoms with Gasteiger partial charge in [0, 0.05) is 21.2 Å². The van der Waals surface area contributed by atoms with Crippen LogP contribution in [0.1, 0.15) is 0 Å². The van der Waals surface area contributed by atoms with Gasteiger partial charge in [-0.3, -0.25) is 0 Å². The van der Waals surface area contributed by atoms with Crippen LogP contribution in [0.5, 0.6) is 5.75 Å². The van der Waals surface area contributed by atoms with Gasteiger partial charge in [-0.25, -0.2) is 0 Å². The molecule has 0 amide bonds. The zero-order valence-corrected chi connectivity index (χ0v) is 12.7. The monoisotopic (exact) mass is 356 g/mol. The maximum Gasteiger partial charge on any atom is 0.387 e. The van der Waals surface area contributed by atoms with Crippen molar-refractivity contribution in [3.05, 3.63) is 50.4 Å². The number of halogens is 6. The van der Waals surface area contributed by atoms with E-state index in [0.717, 1.165) is 0 Å². The van der Waals surface area contributed by atoms with Crippen LogP contribution in [-0.2, 0) is 0 Å². The van der Waals surface area contributed by atoms with Crippen LogP contribution in [0, 0.1) is 0 Å². The summed E-state index contributed by atoms with van der Waals surface area (Å²) < 4.78 is 29.4. The second-order valence-corrected chi connectivity index (χ2v) is 5.45. The van der Waals surface area contributed by atoms with Gasteiger partial charge in [-0.1, -0.05) is 46.4 Å². The lowest BCUT2D eigenvalue weighted by atomic mass is 10.0. The quantitative estimate of drug-likeness (QED) is 0.603. The van der Waals surface area contributed by atoms with Crippen molar-refractivity contribution in [2.75, 3.05) is 0 Å². The Bertz CT molecular complexity index is 623. The Hall–Kier alpha value is -0.740. The average Bonchev–Trinajstić information content (AvgIpc) is 2.29. The normalized spacial score (nSPS) is 10.9. The maximum absolute atomic E-state index is 12.5. The molecule has 0 aliphatic rings. The molecule has 106 valence electrons. The molecule has 1 nitrogen and oxygen atoms in total. The van der Waals surface area contributed by atoms with Crippen molar-refractivity contribution in [1.29, 1.82) is 0 Å². The second-order valence-electron chi connectivity index (χ2n) is 3.76. The van der Waals surface area contributed by atoms with E-state index in [1.807, 2.05) is 0 Å². The molecule has 0 saturated heterocycles. The minimum atomic E-state index is -2.99. The molecule has 0 fully saturated rings. The van der Waals surface area contributed by atoms with Gasteiger partial charge in [0.25, 0.3) is 0 Å². The Morgan fingerprint density at radius 2 is 1.45 bits per heavy atom. The number of hydrogen-bond acceptors (Lipinski definition) is 1. The van der Waals surface area contributed by atoms with E-state index < -0.39 is 6.61 Å². The summed E-state index contributed by atoms with van der Waals surface area (Å²) in [6.07, 6.45) is 0. The van der Waals surface area contributed by atoms with Crippen molar-refractivity contribution in [2.24, 2.45) is 0 Å². The Balaban J connectivity index is 2.63. The predicted molar refractivity (Wildman–Crippen MR) is 78.6 cm³/mol. The Morgan fingerprint density at radius 3 is 2.00 bits per heavy atom. The lowest BCUT2D eigenvalue weighted by Crippen LogP contribution is -2.03. The van der Waals surface area contributed by atoms with Gasteiger partial charge in [0.2, 0.25) is 0 Å². The van der Waals surface area contributed by atoms with Gasteiger partial charge < -0.3 is 4.74 Å². The standard InChI is InChI=1S/C13H6Cl4F2O/c14-6-1-2-8(11(5-6)20-13(18)19)12-9(16)3-7(15)4-10(12)17/h1-5,13H. The molecule has 0 atom stereocenters. The number of alkyl halides is 2. The Morgan fingerprint density at radius 1 is 0.850 bits per heavy atom. The number of benzene rings is 2. The molecule has 0 radical (unpaired) electrons. The molecule has 2 aromatic carbocycles. The lowest BCUT2D eigenvalue weighted by Gasteiger charge is -2.14. The summed E-state index contributed by atoms with van der Waals surface area (Å²) in [5, 5.41) is 1.05. The summed E-state index contributed by atoms with van der Waals surface area (Å²) in [7, 11) is 0. The zero-order valence-electron chi connectivity index (χ0n) is 9.64. The van der Waals surface area contributed by atoms with Crippen molar-refractivity contribution in [3.8, 4) is 16.9 Å². The topological polar surface area (TPSA) is 9.23 Å². The lowest BCUT2D eigenvalue weighted by molar-refractivity contribution is -0.0494. The highest BCUT2D eigenvalue weighted by molar-refractivity contribution is 6.42. The summed E-state index contributed by atoms with van der Waals surface area (Å²) in [5.41, 5.74) is 0.659. The molecule has 0 aliphatic heterocycles. The van der Waals surface area contributed by atoms with E-state index >= 15 is 0 Å². The Kier molecular flexibility index (Phi) is 4.97. The smallest absolute Gasteiger partial charge is 0.387 e. The van der Waals surface area contributed by atoms with Gasteiger partial charge in [-0.15, -0.1) is 0 Å². The van der Waals surface area contributed by atoms with Crippen LogP contribution < -0.4 is 4.74 Å².